The third-order valence-electron chi connectivity index (χ3n) is 8.04. The number of allylic oxidation sites excluding steroid dienone is 1. The fraction of sp³-hybridized carbons (Fsp3) is 0.250. The molecule has 0 unspecified atom stereocenters. The molecule has 174 valence electrons. The Bertz CT molecular complexity index is 1420. The molecule has 1 aliphatic heterocycles. The van der Waals surface area contributed by atoms with E-state index in [1.165, 1.54) is 49.6 Å². The van der Waals surface area contributed by atoms with Crippen molar-refractivity contribution in [3.05, 3.63) is 102 Å². The fourth-order valence-corrected chi connectivity index (χ4v) is 5.49. The van der Waals surface area contributed by atoms with Gasteiger partial charge in [0, 0.05) is 0 Å². The van der Waals surface area contributed by atoms with Crippen LogP contribution in [0.4, 0.5) is 0 Å². The molecular weight excluding hydrogens is 427 g/mol. The van der Waals surface area contributed by atoms with Gasteiger partial charge in [0.1, 0.15) is 0 Å². The highest BCUT2D eigenvalue weighted by Gasteiger charge is 2.52. The van der Waals surface area contributed by atoms with Crippen LogP contribution in [0, 0.1) is 0 Å². The van der Waals surface area contributed by atoms with Crippen molar-refractivity contribution < 1.29 is 9.31 Å². The van der Waals surface area contributed by atoms with Gasteiger partial charge in [-0.15, -0.1) is 0 Å². The van der Waals surface area contributed by atoms with Crippen molar-refractivity contribution in [1.29, 1.82) is 0 Å². The van der Waals surface area contributed by atoms with E-state index in [4.69, 9.17) is 9.31 Å². The second-order valence-corrected chi connectivity index (χ2v) is 10.7. The van der Waals surface area contributed by atoms with Gasteiger partial charge in [-0.3, -0.25) is 0 Å². The molecule has 3 heteroatoms. The van der Waals surface area contributed by atoms with Crippen LogP contribution in [0.15, 0.2) is 90.4 Å². The highest BCUT2D eigenvalue weighted by molar-refractivity contribution is 6.56. The van der Waals surface area contributed by atoms with Crippen molar-refractivity contribution in [3.63, 3.8) is 0 Å². The Labute approximate surface area is 208 Å². The second-order valence-electron chi connectivity index (χ2n) is 10.7. The van der Waals surface area contributed by atoms with Crippen molar-refractivity contribution in [2.24, 2.45) is 0 Å². The summed E-state index contributed by atoms with van der Waals surface area (Å²) in [5.41, 5.74) is 8.39. The van der Waals surface area contributed by atoms with Crippen LogP contribution in [0.3, 0.4) is 0 Å². The smallest absolute Gasteiger partial charge is 0.400 e. The van der Waals surface area contributed by atoms with Crippen LogP contribution < -0.4 is 0 Å². The number of rotatable bonds is 3. The van der Waals surface area contributed by atoms with E-state index in [2.05, 4.69) is 119 Å². The summed E-state index contributed by atoms with van der Waals surface area (Å²) in [6.45, 7) is 8.50. The monoisotopic (exact) mass is 458 g/mol. The highest BCUT2D eigenvalue weighted by atomic mass is 16.7. The first-order valence-corrected chi connectivity index (χ1v) is 12.6. The van der Waals surface area contributed by atoms with E-state index < -0.39 is 0 Å². The Morgan fingerprint density at radius 3 is 1.66 bits per heavy atom. The molecule has 0 N–H and O–H groups in total. The summed E-state index contributed by atoms with van der Waals surface area (Å²) < 4.78 is 13.0. The lowest BCUT2D eigenvalue weighted by atomic mass is 9.69. The molecule has 1 fully saturated rings. The third kappa shape index (κ3) is 3.66. The summed E-state index contributed by atoms with van der Waals surface area (Å²) in [6.07, 6.45) is 4.25. The van der Waals surface area contributed by atoms with Crippen LogP contribution in [-0.2, 0) is 15.7 Å². The molecule has 4 aromatic rings. The maximum atomic E-state index is 6.48. The molecule has 0 radical (unpaired) electrons. The van der Waals surface area contributed by atoms with Crippen molar-refractivity contribution in [1.82, 2.24) is 0 Å². The van der Waals surface area contributed by atoms with E-state index in [1.807, 2.05) is 0 Å². The molecule has 0 spiro atoms. The lowest BCUT2D eigenvalue weighted by Gasteiger charge is -2.32. The number of benzene rings is 4. The molecule has 0 aromatic heterocycles. The average Bonchev–Trinajstić information content (AvgIpc) is 3.09. The Morgan fingerprint density at radius 1 is 0.600 bits per heavy atom. The molecule has 0 atom stereocenters. The van der Waals surface area contributed by atoms with Crippen LogP contribution in [0.25, 0.3) is 39.1 Å². The van der Waals surface area contributed by atoms with Crippen LogP contribution in [0.5, 0.6) is 0 Å². The molecule has 6 rings (SSSR count). The first-order valence-electron chi connectivity index (χ1n) is 12.6. The second kappa shape index (κ2) is 8.22. The zero-order valence-corrected chi connectivity index (χ0v) is 21.0. The van der Waals surface area contributed by atoms with Crippen molar-refractivity contribution in [2.45, 2.75) is 51.7 Å². The maximum absolute atomic E-state index is 6.48. The van der Waals surface area contributed by atoms with E-state index >= 15 is 0 Å². The lowest BCUT2D eigenvalue weighted by Crippen LogP contribution is -2.41. The number of hydrogen-bond donors (Lipinski definition) is 0. The molecule has 1 aliphatic carbocycles. The zero-order chi connectivity index (χ0) is 24.2. The molecule has 0 saturated carbocycles. The standard InChI is InChI=1S/C32H31BO2/c1-31(2)32(3,4)35-33(34-31)24-19-20-27-28(21-24)30(23-15-9-6-10-16-23)26-18-12-11-17-25(26)29(27)22-13-7-5-8-14-22/h5-18,21H,19-20H2,1-4H3. The van der Waals surface area contributed by atoms with Gasteiger partial charge in [-0.2, -0.15) is 0 Å². The van der Waals surface area contributed by atoms with E-state index in [-0.39, 0.29) is 18.3 Å². The van der Waals surface area contributed by atoms with Crippen LogP contribution >= 0.6 is 0 Å². The van der Waals surface area contributed by atoms with Gasteiger partial charge in [0.15, 0.2) is 0 Å². The fourth-order valence-electron chi connectivity index (χ4n) is 5.49. The molecule has 4 aromatic carbocycles. The van der Waals surface area contributed by atoms with E-state index in [1.54, 1.807) is 0 Å². The van der Waals surface area contributed by atoms with Gasteiger partial charge in [-0.1, -0.05) is 91.0 Å². The Hall–Kier alpha value is -3.14. The average molecular weight is 458 g/mol. The molecule has 0 amide bonds. The largest absolute Gasteiger partial charge is 0.490 e. The molecule has 2 nitrogen and oxygen atoms in total. The number of hydrogen-bond acceptors (Lipinski definition) is 2. The van der Waals surface area contributed by atoms with E-state index in [0.29, 0.717) is 0 Å². The first-order chi connectivity index (χ1) is 16.9. The van der Waals surface area contributed by atoms with Crippen LogP contribution in [0.1, 0.15) is 45.2 Å². The van der Waals surface area contributed by atoms with Crippen LogP contribution in [-0.4, -0.2) is 18.3 Å². The van der Waals surface area contributed by atoms with Gasteiger partial charge in [0.2, 0.25) is 0 Å². The Balaban J connectivity index is 1.64. The minimum absolute atomic E-state index is 0.316. The normalized spacial score (nSPS) is 18.4. The summed E-state index contributed by atoms with van der Waals surface area (Å²) in [7, 11) is -0.316. The topological polar surface area (TPSA) is 18.5 Å². The summed E-state index contributed by atoms with van der Waals surface area (Å²) >= 11 is 0. The Morgan fingerprint density at radius 2 is 1.09 bits per heavy atom. The van der Waals surface area contributed by atoms with Crippen LogP contribution in [0.2, 0.25) is 0 Å². The molecule has 35 heavy (non-hydrogen) atoms. The van der Waals surface area contributed by atoms with E-state index in [0.717, 1.165) is 12.8 Å². The molecule has 1 saturated heterocycles. The summed E-state index contributed by atoms with van der Waals surface area (Å²) in [4.78, 5) is 0. The lowest BCUT2D eigenvalue weighted by molar-refractivity contribution is 0.00578. The molecule has 2 aliphatic rings. The molecule has 1 heterocycles. The molecular formula is C32H31BO2. The van der Waals surface area contributed by atoms with Crippen molar-refractivity contribution in [3.8, 4) is 22.3 Å². The highest BCUT2D eigenvalue weighted by Crippen LogP contribution is 2.47. The minimum Gasteiger partial charge on any atom is -0.400 e. The van der Waals surface area contributed by atoms with Gasteiger partial charge in [0.25, 0.3) is 0 Å². The maximum Gasteiger partial charge on any atom is 0.490 e. The summed E-state index contributed by atoms with van der Waals surface area (Å²) in [6, 6.07) is 30.5. The predicted molar refractivity (Wildman–Crippen MR) is 147 cm³/mol. The van der Waals surface area contributed by atoms with Gasteiger partial charge in [-0.25, -0.2) is 0 Å². The predicted octanol–water partition coefficient (Wildman–Crippen LogP) is 8.13. The van der Waals surface area contributed by atoms with E-state index in [9.17, 15) is 0 Å². The SMILES string of the molecule is CC1(C)OB(C2=Cc3c(c(-c4ccccc4)c4ccccc4c3-c3ccccc3)CC2)OC1(C)C. The zero-order valence-electron chi connectivity index (χ0n) is 21.0. The van der Waals surface area contributed by atoms with Crippen molar-refractivity contribution in [2.75, 3.05) is 0 Å². The molecule has 0 bridgehead atoms. The minimum atomic E-state index is -0.348. The van der Waals surface area contributed by atoms with Gasteiger partial charge in [0.05, 0.1) is 11.2 Å². The quantitative estimate of drug-likeness (QED) is 0.289. The summed E-state index contributed by atoms with van der Waals surface area (Å²) in [5, 5.41) is 2.59. The third-order valence-corrected chi connectivity index (χ3v) is 8.04. The van der Waals surface area contributed by atoms with Crippen molar-refractivity contribution >= 4 is 24.0 Å². The summed E-state index contributed by atoms with van der Waals surface area (Å²) in [5.74, 6) is 0. The Kier molecular flexibility index (Phi) is 5.25. The van der Waals surface area contributed by atoms with Gasteiger partial charge < -0.3 is 9.31 Å². The van der Waals surface area contributed by atoms with Gasteiger partial charge >= 0.3 is 7.12 Å². The number of fused-ring (bicyclic) bond motifs is 2. The van der Waals surface area contributed by atoms with Gasteiger partial charge in [-0.05, 0) is 90.2 Å². The first kappa shape index (κ1) is 22.3.